The van der Waals surface area contributed by atoms with Crippen molar-refractivity contribution in [1.82, 2.24) is 15.0 Å². The molecule has 0 bridgehead atoms. The van der Waals surface area contributed by atoms with Crippen LogP contribution in [0, 0.1) is 6.92 Å². The minimum atomic E-state index is 0.853. The molecule has 0 saturated carbocycles. The van der Waals surface area contributed by atoms with Crippen LogP contribution in [0.4, 0.5) is 0 Å². The number of hydrogen-bond acceptors (Lipinski definition) is 1. The fourth-order valence-corrected chi connectivity index (χ4v) is 2.60. The summed E-state index contributed by atoms with van der Waals surface area (Å²) >= 11 is 3.47. The molecule has 0 unspecified atom stereocenters. The van der Waals surface area contributed by atoms with Crippen LogP contribution in [-0.2, 0) is 6.42 Å². The lowest BCUT2D eigenvalue weighted by atomic mass is 10.1. The Bertz CT molecular complexity index is 666. The number of halogens is 1. The second kappa shape index (κ2) is 4.04. The van der Waals surface area contributed by atoms with Crippen molar-refractivity contribution in [3.8, 4) is 0 Å². The molecule has 17 heavy (non-hydrogen) atoms. The molecule has 0 fully saturated rings. The summed E-state index contributed by atoms with van der Waals surface area (Å²) < 4.78 is 0.903. The molecule has 2 aromatic heterocycles. The molecule has 0 amide bonds. The first-order valence-corrected chi connectivity index (χ1v) is 6.29. The van der Waals surface area contributed by atoms with Gasteiger partial charge in [-0.25, -0.2) is 4.98 Å². The van der Waals surface area contributed by atoms with Crippen LogP contribution in [0.1, 0.15) is 17.1 Å². The van der Waals surface area contributed by atoms with E-state index in [1.54, 1.807) is 0 Å². The average molecular weight is 290 g/mol. The predicted octanol–water partition coefficient (Wildman–Crippen LogP) is 3.55. The number of nitrogens with zero attached hydrogens (tertiary/aromatic N) is 1. The number of rotatable bonds is 2. The molecule has 2 N–H and O–H groups in total. The number of benzene rings is 1. The van der Waals surface area contributed by atoms with E-state index in [9.17, 15) is 0 Å². The lowest BCUT2D eigenvalue weighted by Gasteiger charge is -1.97. The van der Waals surface area contributed by atoms with Gasteiger partial charge in [-0.2, -0.15) is 0 Å². The minimum absolute atomic E-state index is 0.853. The van der Waals surface area contributed by atoms with E-state index in [1.165, 1.54) is 16.5 Å². The van der Waals surface area contributed by atoms with E-state index in [0.29, 0.717) is 0 Å². The monoisotopic (exact) mass is 289 g/mol. The number of hydrogen-bond donors (Lipinski definition) is 2. The Morgan fingerprint density at radius 3 is 2.88 bits per heavy atom. The van der Waals surface area contributed by atoms with Gasteiger partial charge in [0.15, 0.2) is 0 Å². The Balaban J connectivity index is 2.03. The highest BCUT2D eigenvalue weighted by atomic mass is 79.9. The maximum absolute atomic E-state index is 4.32. The zero-order valence-corrected chi connectivity index (χ0v) is 11.0. The molecule has 1 aromatic carbocycles. The largest absolute Gasteiger partial charge is 0.361 e. The summed E-state index contributed by atoms with van der Waals surface area (Å²) in [6.45, 7) is 1.96. The molecule has 3 rings (SSSR count). The first-order valence-electron chi connectivity index (χ1n) is 5.50. The van der Waals surface area contributed by atoms with Gasteiger partial charge in [0.1, 0.15) is 10.4 Å². The summed E-state index contributed by atoms with van der Waals surface area (Å²) in [4.78, 5) is 10.9. The summed E-state index contributed by atoms with van der Waals surface area (Å²) in [5, 5.41) is 1.27. The van der Waals surface area contributed by atoms with Crippen LogP contribution in [0.3, 0.4) is 0 Å². The van der Waals surface area contributed by atoms with Crippen LogP contribution < -0.4 is 0 Å². The van der Waals surface area contributed by atoms with Crippen molar-refractivity contribution in [1.29, 1.82) is 0 Å². The number of para-hydroxylation sites is 1. The van der Waals surface area contributed by atoms with E-state index in [2.05, 4.69) is 55.3 Å². The first kappa shape index (κ1) is 10.6. The number of aromatic amines is 2. The molecule has 0 spiro atoms. The van der Waals surface area contributed by atoms with Gasteiger partial charge in [0.25, 0.3) is 0 Å². The molecular formula is C13H12BrN3. The Morgan fingerprint density at radius 2 is 2.12 bits per heavy atom. The third-order valence-corrected chi connectivity index (χ3v) is 3.54. The van der Waals surface area contributed by atoms with Crippen molar-refractivity contribution in [3.63, 3.8) is 0 Å². The normalized spacial score (nSPS) is 11.2. The summed E-state index contributed by atoms with van der Waals surface area (Å²) in [6.07, 6.45) is 2.92. The molecule has 0 saturated heterocycles. The number of fused-ring (bicyclic) bond motifs is 1. The number of aryl methyl sites for hydroxylation is 1. The molecule has 0 radical (unpaired) electrons. The fraction of sp³-hybridized carbons (Fsp3) is 0.154. The van der Waals surface area contributed by atoms with Gasteiger partial charge < -0.3 is 9.97 Å². The molecule has 0 atom stereocenters. The summed E-state index contributed by atoms with van der Waals surface area (Å²) in [5.74, 6) is 0.937. The zero-order chi connectivity index (χ0) is 11.8. The Kier molecular flexibility index (Phi) is 2.52. The van der Waals surface area contributed by atoms with Crippen molar-refractivity contribution in [2.75, 3.05) is 0 Å². The van der Waals surface area contributed by atoms with Gasteiger partial charge in [-0.3, -0.25) is 0 Å². The van der Waals surface area contributed by atoms with Crippen LogP contribution >= 0.6 is 15.9 Å². The Morgan fingerprint density at radius 1 is 1.29 bits per heavy atom. The van der Waals surface area contributed by atoms with E-state index >= 15 is 0 Å². The maximum atomic E-state index is 4.32. The van der Waals surface area contributed by atoms with E-state index < -0.39 is 0 Å². The van der Waals surface area contributed by atoms with Crippen LogP contribution in [0.25, 0.3) is 10.9 Å². The average Bonchev–Trinajstić information content (AvgIpc) is 2.85. The van der Waals surface area contributed by atoms with Crippen LogP contribution in [-0.4, -0.2) is 15.0 Å². The van der Waals surface area contributed by atoms with Crippen molar-refractivity contribution in [3.05, 3.63) is 52.1 Å². The highest BCUT2D eigenvalue weighted by Gasteiger charge is 2.09. The molecule has 4 heteroatoms. The molecule has 3 aromatic rings. The number of aromatic nitrogens is 3. The van der Waals surface area contributed by atoms with E-state index in [0.717, 1.165) is 22.5 Å². The highest BCUT2D eigenvalue weighted by Crippen LogP contribution is 2.23. The lowest BCUT2D eigenvalue weighted by Crippen LogP contribution is -1.88. The van der Waals surface area contributed by atoms with Gasteiger partial charge in [0.2, 0.25) is 0 Å². The minimum Gasteiger partial charge on any atom is -0.361 e. The molecular weight excluding hydrogens is 278 g/mol. The SMILES string of the molecule is Cc1nc(Br)c(Cc2c[nH]c3ccccc23)[nH]1. The number of imidazole rings is 1. The smallest absolute Gasteiger partial charge is 0.127 e. The number of H-pyrrole nitrogens is 2. The highest BCUT2D eigenvalue weighted by molar-refractivity contribution is 9.10. The van der Waals surface area contributed by atoms with Gasteiger partial charge in [-0.1, -0.05) is 18.2 Å². The van der Waals surface area contributed by atoms with Crippen LogP contribution in [0.15, 0.2) is 35.1 Å². The number of nitrogens with one attached hydrogen (secondary N) is 2. The summed E-state index contributed by atoms with van der Waals surface area (Å²) in [5.41, 5.74) is 3.58. The second-order valence-corrected chi connectivity index (χ2v) is 4.88. The van der Waals surface area contributed by atoms with Crippen molar-refractivity contribution < 1.29 is 0 Å². The lowest BCUT2D eigenvalue weighted by molar-refractivity contribution is 1.07. The molecule has 0 aliphatic heterocycles. The third-order valence-electron chi connectivity index (χ3n) is 2.89. The fourth-order valence-electron chi connectivity index (χ4n) is 2.10. The molecule has 0 aliphatic rings. The Labute approximate surface area is 107 Å². The first-order chi connectivity index (χ1) is 8.24. The quantitative estimate of drug-likeness (QED) is 0.744. The topological polar surface area (TPSA) is 44.5 Å². The second-order valence-electron chi connectivity index (χ2n) is 4.13. The zero-order valence-electron chi connectivity index (χ0n) is 9.42. The van der Waals surface area contributed by atoms with Gasteiger partial charge in [-0.05, 0) is 34.5 Å². The van der Waals surface area contributed by atoms with Gasteiger partial charge in [0, 0.05) is 23.5 Å². The third kappa shape index (κ3) is 1.89. The molecule has 0 aliphatic carbocycles. The molecule has 3 nitrogen and oxygen atoms in total. The van der Waals surface area contributed by atoms with E-state index in [1.807, 2.05) is 13.0 Å². The van der Waals surface area contributed by atoms with E-state index in [-0.39, 0.29) is 0 Å². The van der Waals surface area contributed by atoms with Crippen LogP contribution in [0.5, 0.6) is 0 Å². The standard InChI is InChI=1S/C13H12BrN3/c1-8-16-12(13(14)17-8)6-9-7-15-11-5-3-2-4-10(9)11/h2-5,7,15H,6H2,1H3,(H,16,17). The predicted molar refractivity (Wildman–Crippen MR) is 72.1 cm³/mol. The van der Waals surface area contributed by atoms with Crippen molar-refractivity contribution >= 4 is 26.8 Å². The van der Waals surface area contributed by atoms with Gasteiger partial charge in [0.05, 0.1) is 5.69 Å². The van der Waals surface area contributed by atoms with Crippen molar-refractivity contribution in [2.24, 2.45) is 0 Å². The van der Waals surface area contributed by atoms with Crippen LogP contribution in [0.2, 0.25) is 0 Å². The van der Waals surface area contributed by atoms with Crippen molar-refractivity contribution in [2.45, 2.75) is 13.3 Å². The molecule has 86 valence electrons. The van der Waals surface area contributed by atoms with E-state index in [4.69, 9.17) is 0 Å². The van der Waals surface area contributed by atoms with Gasteiger partial charge >= 0.3 is 0 Å². The summed E-state index contributed by atoms with van der Waals surface area (Å²) in [7, 11) is 0. The maximum Gasteiger partial charge on any atom is 0.127 e. The Hall–Kier alpha value is -1.55. The van der Waals surface area contributed by atoms with Gasteiger partial charge in [-0.15, -0.1) is 0 Å². The summed E-state index contributed by atoms with van der Waals surface area (Å²) in [6, 6.07) is 8.33. The molecule has 2 heterocycles.